The smallest absolute Gasteiger partial charge is 0.164 e. The van der Waals surface area contributed by atoms with E-state index in [1.54, 1.807) is 0 Å². The van der Waals surface area contributed by atoms with E-state index in [1.807, 2.05) is 76.2 Å². The lowest BCUT2D eigenvalue weighted by molar-refractivity contribution is 0.869. The van der Waals surface area contributed by atoms with Crippen LogP contribution in [0.4, 0.5) is 0 Å². The van der Waals surface area contributed by atoms with E-state index >= 15 is 0 Å². The van der Waals surface area contributed by atoms with Crippen LogP contribution in [-0.4, -0.2) is 19.5 Å². The van der Waals surface area contributed by atoms with Crippen molar-refractivity contribution in [3.8, 4) is 51.0 Å². The summed E-state index contributed by atoms with van der Waals surface area (Å²) in [5.74, 6) is 2.36. The molecule has 0 aliphatic carbocycles. The van der Waals surface area contributed by atoms with Crippen LogP contribution in [0.15, 0.2) is 231 Å². The van der Waals surface area contributed by atoms with Crippen LogP contribution in [0.25, 0.3) is 105 Å². The van der Waals surface area contributed by atoms with Crippen LogP contribution in [0.5, 0.6) is 0 Å². The molecule has 0 N–H and O–H groups in total. The molecule has 0 unspecified atom stereocenters. The molecule has 0 spiro atoms. The number of allylic oxidation sites excluding steroid dienone is 2. The summed E-state index contributed by atoms with van der Waals surface area (Å²) in [6.07, 6.45) is 4.00. The highest BCUT2D eigenvalue weighted by molar-refractivity contribution is 6.16. The Bertz CT molecular complexity index is 3660. The molecule has 12 rings (SSSR count). The Morgan fingerprint density at radius 1 is 0.380 bits per heavy atom. The molecule has 0 radical (unpaired) electrons. The van der Waals surface area contributed by atoms with Crippen LogP contribution >= 0.6 is 0 Å². The van der Waals surface area contributed by atoms with Gasteiger partial charge in [-0.1, -0.05) is 228 Å². The molecule has 348 valence electrons. The third-order valence-corrected chi connectivity index (χ3v) is 12.9. The lowest BCUT2D eigenvalue weighted by Gasteiger charge is -2.17. The molecular formula is C67H60N4. The maximum atomic E-state index is 5.12. The first kappa shape index (κ1) is 47.6. The first-order valence-corrected chi connectivity index (χ1v) is 24.9. The average molecular weight is 921 g/mol. The van der Waals surface area contributed by atoms with E-state index in [9.17, 15) is 0 Å². The quantitative estimate of drug-likeness (QED) is 0.156. The normalized spacial score (nSPS) is 11.1. The van der Waals surface area contributed by atoms with Gasteiger partial charge in [0.05, 0.1) is 16.7 Å². The van der Waals surface area contributed by atoms with Gasteiger partial charge in [-0.15, -0.1) is 0 Å². The lowest BCUT2D eigenvalue weighted by atomic mass is 9.89. The van der Waals surface area contributed by atoms with E-state index in [2.05, 4.69) is 207 Å². The molecule has 0 bridgehead atoms. The molecule has 4 nitrogen and oxygen atoms in total. The van der Waals surface area contributed by atoms with Gasteiger partial charge in [0.2, 0.25) is 0 Å². The Balaban J connectivity index is 0.000000335. The maximum Gasteiger partial charge on any atom is 0.164 e. The highest BCUT2D eigenvalue weighted by Gasteiger charge is 2.21. The molecule has 0 fully saturated rings. The monoisotopic (exact) mass is 920 g/mol. The van der Waals surface area contributed by atoms with Gasteiger partial charge in [-0.3, -0.25) is 0 Å². The molecule has 10 aromatic carbocycles. The van der Waals surface area contributed by atoms with Crippen LogP contribution < -0.4 is 0 Å². The molecule has 0 amide bonds. The third-order valence-electron chi connectivity index (χ3n) is 12.9. The van der Waals surface area contributed by atoms with Crippen molar-refractivity contribution in [1.82, 2.24) is 19.5 Å². The molecule has 0 atom stereocenters. The summed E-state index contributed by atoms with van der Waals surface area (Å²) in [6.45, 7) is 14.8. The van der Waals surface area contributed by atoms with Crippen molar-refractivity contribution in [2.45, 2.75) is 54.4 Å². The summed E-state index contributed by atoms with van der Waals surface area (Å²) in [4.78, 5) is 15.2. The molecule has 2 heterocycles. The van der Waals surface area contributed by atoms with E-state index in [0.717, 1.165) is 33.2 Å². The van der Waals surface area contributed by atoms with Crippen molar-refractivity contribution in [2.24, 2.45) is 0 Å². The Labute approximate surface area is 418 Å². The molecule has 0 aliphatic rings. The number of fused-ring (bicyclic) bond motifs is 6. The molecule has 0 saturated heterocycles. The highest BCUT2D eigenvalue weighted by Crippen LogP contribution is 2.42. The Kier molecular flexibility index (Phi) is 14.7. The Hall–Kier alpha value is -8.47. The molecule has 71 heavy (non-hydrogen) atoms. The van der Waals surface area contributed by atoms with Crippen LogP contribution in [0.3, 0.4) is 0 Å². The van der Waals surface area contributed by atoms with Gasteiger partial charge in [0.1, 0.15) is 0 Å². The van der Waals surface area contributed by atoms with Crippen LogP contribution in [-0.2, 0) is 0 Å². The zero-order chi connectivity index (χ0) is 49.3. The van der Waals surface area contributed by atoms with Gasteiger partial charge in [0.15, 0.2) is 17.5 Å². The van der Waals surface area contributed by atoms with Crippen LogP contribution in [0.1, 0.15) is 58.6 Å². The number of aromatic nitrogens is 4. The molecular weight excluding hydrogens is 861 g/mol. The van der Waals surface area contributed by atoms with Gasteiger partial charge in [-0.05, 0) is 106 Å². The first-order valence-electron chi connectivity index (χ1n) is 24.9. The van der Waals surface area contributed by atoms with Crippen LogP contribution in [0, 0.1) is 6.92 Å². The van der Waals surface area contributed by atoms with E-state index in [0.29, 0.717) is 23.4 Å². The second-order valence-electron chi connectivity index (χ2n) is 17.7. The topological polar surface area (TPSA) is 43.6 Å². The standard InChI is InChI=1S/C51H38N4.C10H8.C4H8.C2H6/c1-32(2)38-22-12-13-23-39(38)43-31-45-44-29-36-20-10-11-21-37(36)30-48(44)55(47(45)28-33(43)3)46-27-15-24-40-41(46)25-14-26-42(40)51-53-49(34-16-6-4-7-17-34)52-50(54-51)35-18-8-5-9-19-35;1-2-6-10-8-4-3-7-9(10)5-1;1-3-4-2;1-2/h4-32H,1-3H3;1-8H;3-4H,1-2H3;1-2H3/b;;4-3-;. The minimum Gasteiger partial charge on any atom is -0.309 e. The predicted octanol–water partition coefficient (Wildman–Crippen LogP) is 18.8. The van der Waals surface area contributed by atoms with E-state index < -0.39 is 0 Å². The molecule has 2 aromatic heterocycles. The highest BCUT2D eigenvalue weighted by atomic mass is 15.0. The van der Waals surface area contributed by atoms with Crippen molar-refractivity contribution < 1.29 is 0 Å². The fourth-order valence-electron chi connectivity index (χ4n) is 9.39. The second kappa shape index (κ2) is 21.9. The number of hydrogen-bond acceptors (Lipinski definition) is 3. The largest absolute Gasteiger partial charge is 0.309 e. The van der Waals surface area contributed by atoms with Gasteiger partial charge in [-0.25, -0.2) is 15.0 Å². The van der Waals surface area contributed by atoms with Gasteiger partial charge in [0, 0.05) is 32.8 Å². The average Bonchev–Trinajstić information content (AvgIpc) is 3.74. The van der Waals surface area contributed by atoms with Crippen LogP contribution in [0.2, 0.25) is 0 Å². The molecule has 0 saturated carbocycles. The predicted molar refractivity (Wildman–Crippen MR) is 306 cm³/mol. The third kappa shape index (κ3) is 9.88. The van der Waals surface area contributed by atoms with E-state index in [1.165, 1.54) is 65.6 Å². The number of aryl methyl sites for hydroxylation is 1. The zero-order valence-electron chi connectivity index (χ0n) is 41.8. The SMILES string of the molecule is C/C=C\C.CC.Cc1cc2c(cc1-c1ccccc1C(C)C)c1cc3ccccc3cc1n2-c1cccc2c(-c3nc(-c4ccccc4)nc(-c4ccccc4)n3)cccc12.c1ccc2ccccc2c1. The van der Waals surface area contributed by atoms with Crippen molar-refractivity contribution in [2.75, 3.05) is 0 Å². The zero-order valence-corrected chi connectivity index (χ0v) is 41.8. The van der Waals surface area contributed by atoms with Gasteiger partial charge < -0.3 is 4.57 Å². The Morgan fingerprint density at radius 3 is 1.41 bits per heavy atom. The summed E-state index contributed by atoms with van der Waals surface area (Å²) in [7, 11) is 0. The maximum absolute atomic E-state index is 5.12. The first-order chi connectivity index (χ1) is 34.9. The fourth-order valence-corrected chi connectivity index (χ4v) is 9.39. The number of nitrogens with zero attached hydrogens (tertiary/aromatic N) is 4. The second-order valence-corrected chi connectivity index (χ2v) is 17.7. The number of benzene rings is 10. The van der Waals surface area contributed by atoms with E-state index in [4.69, 9.17) is 15.0 Å². The summed E-state index contributed by atoms with van der Waals surface area (Å²) in [5, 5.41) is 9.76. The lowest BCUT2D eigenvalue weighted by Crippen LogP contribution is -2.01. The summed E-state index contributed by atoms with van der Waals surface area (Å²) in [6, 6.07) is 77.2. The van der Waals surface area contributed by atoms with Gasteiger partial charge in [0.25, 0.3) is 0 Å². The van der Waals surface area contributed by atoms with Crippen molar-refractivity contribution >= 4 is 54.1 Å². The van der Waals surface area contributed by atoms with Crippen molar-refractivity contribution in [3.05, 3.63) is 242 Å². The number of rotatable bonds is 6. The Morgan fingerprint density at radius 2 is 0.831 bits per heavy atom. The fraction of sp³-hybridized carbons (Fsp3) is 0.119. The van der Waals surface area contributed by atoms with Crippen molar-refractivity contribution in [3.63, 3.8) is 0 Å². The molecule has 0 aliphatic heterocycles. The molecule has 4 heteroatoms. The van der Waals surface area contributed by atoms with Gasteiger partial charge >= 0.3 is 0 Å². The number of hydrogen-bond donors (Lipinski definition) is 0. The van der Waals surface area contributed by atoms with Gasteiger partial charge in [-0.2, -0.15) is 0 Å². The minimum atomic E-state index is 0.415. The molecule has 12 aromatic rings. The van der Waals surface area contributed by atoms with Crippen molar-refractivity contribution in [1.29, 1.82) is 0 Å². The summed E-state index contributed by atoms with van der Waals surface area (Å²) in [5.41, 5.74) is 11.5. The summed E-state index contributed by atoms with van der Waals surface area (Å²) >= 11 is 0. The van der Waals surface area contributed by atoms with E-state index in [-0.39, 0.29) is 0 Å². The summed E-state index contributed by atoms with van der Waals surface area (Å²) < 4.78 is 2.46. The minimum absolute atomic E-state index is 0.415.